The van der Waals surface area contributed by atoms with E-state index >= 15 is 4.39 Å². The van der Waals surface area contributed by atoms with Crippen LogP contribution in [0.1, 0.15) is 112 Å². The van der Waals surface area contributed by atoms with Crippen LogP contribution in [0.4, 0.5) is 32.8 Å². The molecule has 398 valence electrons. The fraction of sp³-hybridized carbons (Fsp3) is 0.537. The number of morpholine rings is 1. The molecule has 2 aromatic carbocycles. The number of aromatic nitrogens is 3. The summed E-state index contributed by atoms with van der Waals surface area (Å²) in [6.45, 7) is 10.4. The molecule has 7 aliphatic rings. The third-order valence-electron chi connectivity index (χ3n) is 17.4. The van der Waals surface area contributed by atoms with Gasteiger partial charge < -0.3 is 44.2 Å². The number of nitrogens with one attached hydrogen (secondary N) is 3. The molecular formula is C54H64FN9O10S. The van der Waals surface area contributed by atoms with Crippen LogP contribution in [0.3, 0.4) is 0 Å². The van der Waals surface area contributed by atoms with Crippen molar-refractivity contribution < 1.29 is 46.6 Å². The molecule has 5 aromatic rings. The van der Waals surface area contributed by atoms with Gasteiger partial charge in [-0.3, -0.25) is 19.8 Å². The maximum absolute atomic E-state index is 16.3. The van der Waals surface area contributed by atoms with Crippen LogP contribution in [0.15, 0.2) is 71.9 Å². The molecule has 3 aromatic heterocycles. The molecule has 2 aliphatic carbocycles. The summed E-state index contributed by atoms with van der Waals surface area (Å²) >= 11 is 0. The zero-order chi connectivity index (χ0) is 52.0. The Labute approximate surface area is 434 Å². The minimum atomic E-state index is -4.91. The molecule has 1 amide bonds. The first kappa shape index (κ1) is 49.7. The normalized spacial score (nSPS) is 27.8. The molecular weight excluding hydrogens is 986 g/mol. The number of hydrogen-bond donors (Lipinski definition) is 4. The van der Waals surface area contributed by atoms with E-state index < -0.39 is 60.9 Å². The number of sulfonamides is 1. The van der Waals surface area contributed by atoms with Gasteiger partial charge in [-0.2, -0.15) is 18.4 Å². The quantitative estimate of drug-likeness (QED) is 0.0772. The van der Waals surface area contributed by atoms with E-state index in [1.54, 1.807) is 19.2 Å². The second-order valence-electron chi connectivity index (χ2n) is 22.4. The summed E-state index contributed by atoms with van der Waals surface area (Å²) in [6.07, 6.45) is 6.39. The number of aliphatic hydroxyl groups is 1. The van der Waals surface area contributed by atoms with Crippen LogP contribution in [-0.4, -0.2) is 132 Å². The van der Waals surface area contributed by atoms with Crippen LogP contribution < -0.4 is 29.3 Å². The van der Waals surface area contributed by atoms with Crippen molar-refractivity contribution >= 4 is 55.4 Å². The summed E-state index contributed by atoms with van der Waals surface area (Å²) in [5.41, 5.74) is 1.59. The molecule has 4 atom stereocenters. The number of ether oxygens (including phenoxy) is 4. The molecule has 3 saturated heterocycles. The number of aromatic amines is 1. The standard InChI is InChI=1S/C54H64FN9O10S/c1-32(2)36-6-4-5-7-37(36)43-29-72-23-21-62(43)35-27-53(28-35)16-19-61(20-17-53)34-8-9-38(40(25-34)63-39-11-22-71-30-44(39)74-50-42(63)24-33-10-18-56-48(33)59-50)49(65)60-75(69,70)46-26-41(64(67)68)47-51(58-46)73-31-45(57-47)54(55)14-12-52(3,66)13-15-54/h4-10,18,24-26,32,35,39,43-45,57,66H,11-17,19-23,27-31H2,1-3H3,(H,56,59)(H,60,65)/t39-,43-,44-,45-,52?,54?/m0/s1. The first-order valence-corrected chi connectivity index (χ1v) is 27.9. The number of benzene rings is 2. The molecule has 12 rings (SSSR count). The number of alkyl halides is 1. The lowest BCUT2D eigenvalue weighted by molar-refractivity contribution is -0.384. The van der Waals surface area contributed by atoms with Crippen molar-refractivity contribution in [1.82, 2.24) is 24.6 Å². The molecule has 5 aliphatic heterocycles. The predicted molar refractivity (Wildman–Crippen MR) is 277 cm³/mol. The van der Waals surface area contributed by atoms with Crippen LogP contribution in [0.25, 0.3) is 11.0 Å². The number of nitro groups is 1. The summed E-state index contributed by atoms with van der Waals surface area (Å²) in [6, 6.07) is 18.1. The third kappa shape index (κ3) is 9.10. The molecule has 0 radical (unpaired) electrons. The Kier molecular flexibility index (Phi) is 12.5. The molecule has 19 nitrogen and oxygen atoms in total. The summed E-state index contributed by atoms with van der Waals surface area (Å²) < 4.78 is 71.4. The number of H-pyrrole nitrogens is 1. The Morgan fingerprint density at radius 3 is 2.48 bits per heavy atom. The average Bonchev–Trinajstić information content (AvgIpc) is 3.86. The smallest absolute Gasteiger partial charge is 0.300 e. The molecule has 1 spiro atoms. The van der Waals surface area contributed by atoms with Crippen molar-refractivity contribution in [3.05, 3.63) is 93.7 Å². The van der Waals surface area contributed by atoms with Gasteiger partial charge in [0.2, 0.25) is 11.8 Å². The van der Waals surface area contributed by atoms with Crippen molar-refractivity contribution in [2.24, 2.45) is 5.41 Å². The highest BCUT2D eigenvalue weighted by Crippen LogP contribution is 2.54. The number of anilines is 4. The second-order valence-corrected chi connectivity index (χ2v) is 24.1. The SMILES string of the molecule is CC(C)c1ccccc1[C@@H]1COCCN1C1CC2(CCN(c3ccc(C(=O)NS(=O)(=O)c4cc([N+](=O)[O-])c5c(n4)OC[C@@H](C4(F)CCC(C)(O)CC4)N5)c(N4c5cc6cc[nH]c6nc5O[C@H]5COCC[C@@H]54)c3)CC2)C1. The number of nitrogens with zero attached hydrogens (tertiary/aromatic N) is 6. The van der Waals surface area contributed by atoms with Gasteiger partial charge in [0.05, 0.1) is 65.8 Å². The Bertz CT molecular complexity index is 3150. The number of carbonyl (C=O) groups is 1. The minimum Gasteiger partial charge on any atom is -0.474 e. The van der Waals surface area contributed by atoms with E-state index in [9.17, 15) is 28.4 Å². The molecule has 21 heteroatoms. The molecule has 75 heavy (non-hydrogen) atoms. The van der Waals surface area contributed by atoms with E-state index in [0.29, 0.717) is 54.5 Å². The topological polar surface area (TPSA) is 227 Å². The number of fused-ring (bicyclic) bond motifs is 4. The lowest BCUT2D eigenvalue weighted by atomic mass is 9.59. The highest BCUT2D eigenvalue weighted by molar-refractivity contribution is 7.90. The first-order chi connectivity index (χ1) is 36.0. The van der Waals surface area contributed by atoms with E-state index in [1.807, 2.05) is 29.2 Å². The van der Waals surface area contributed by atoms with Crippen LogP contribution >= 0.6 is 0 Å². The summed E-state index contributed by atoms with van der Waals surface area (Å²) in [5, 5.41) is 25.9. The number of piperidine rings is 1. The summed E-state index contributed by atoms with van der Waals surface area (Å²) in [7, 11) is -4.91. The highest BCUT2D eigenvalue weighted by Gasteiger charge is 2.51. The van der Waals surface area contributed by atoms with Crippen LogP contribution in [-0.2, 0) is 19.5 Å². The molecule has 2 saturated carbocycles. The Morgan fingerprint density at radius 2 is 1.71 bits per heavy atom. The average molecular weight is 1050 g/mol. The van der Waals surface area contributed by atoms with Gasteiger partial charge in [0.25, 0.3) is 15.9 Å². The predicted octanol–water partition coefficient (Wildman–Crippen LogP) is 7.82. The van der Waals surface area contributed by atoms with Gasteiger partial charge >= 0.3 is 5.69 Å². The maximum Gasteiger partial charge on any atom is 0.300 e. The van der Waals surface area contributed by atoms with Crippen molar-refractivity contribution in [1.29, 1.82) is 0 Å². The van der Waals surface area contributed by atoms with E-state index in [4.69, 9.17) is 23.9 Å². The number of rotatable bonds is 10. The number of amides is 1. The highest BCUT2D eigenvalue weighted by atomic mass is 32.2. The van der Waals surface area contributed by atoms with Crippen LogP contribution in [0.2, 0.25) is 0 Å². The van der Waals surface area contributed by atoms with Gasteiger partial charge in [0.1, 0.15) is 29.7 Å². The Hall–Kier alpha value is -6.13. The van der Waals surface area contributed by atoms with Crippen molar-refractivity contribution in [2.75, 3.05) is 67.8 Å². The number of hydrogen-bond acceptors (Lipinski definition) is 16. The Balaban J connectivity index is 0.833. The summed E-state index contributed by atoms with van der Waals surface area (Å²) in [5.74, 6) is -0.669. The molecule has 4 N–H and O–H groups in total. The van der Waals surface area contributed by atoms with Crippen molar-refractivity contribution in [3.8, 4) is 11.8 Å². The monoisotopic (exact) mass is 1050 g/mol. The number of halogens is 1. The van der Waals surface area contributed by atoms with Gasteiger partial charge in [-0.05, 0) is 118 Å². The molecule has 0 bridgehead atoms. The van der Waals surface area contributed by atoms with Crippen molar-refractivity contribution in [3.63, 3.8) is 0 Å². The van der Waals surface area contributed by atoms with Gasteiger partial charge in [-0.15, -0.1) is 0 Å². The van der Waals surface area contributed by atoms with Crippen LogP contribution in [0.5, 0.6) is 11.8 Å². The zero-order valence-corrected chi connectivity index (χ0v) is 43.2. The lowest BCUT2D eigenvalue weighted by Gasteiger charge is -2.57. The second kappa shape index (κ2) is 18.9. The maximum atomic E-state index is 16.3. The van der Waals surface area contributed by atoms with Gasteiger partial charge in [-0.25, -0.2) is 9.11 Å². The fourth-order valence-corrected chi connectivity index (χ4v) is 13.9. The number of carbonyl (C=O) groups excluding carboxylic acids is 1. The van der Waals surface area contributed by atoms with Crippen LogP contribution in [0, 0.1) is 15.5 Å². The van der Waals surface area contributed by atoms with E-state index in [-0.39, 0.29) is 67.6 Å². The van der Waals surface area contributed by atoms with Gasteiger partial charge in [-0.1, -0.05) is 38.1 Å². The van der Waals surface area contributed by atoms with Crippen molar-refractivity contribution in [2.45, 2.75) is 131 Å². The van der Waals surface area contributed by atoms with Gasteiger partial charge in [0, 0.05) is 49.6 Å². The molecule has 0 unspecified atom stereocenters. The fourth-order valence-electron chi connectivity index (χ4n) is 13.0. The van der Waals surface area contributed by atoms with Gasteiger partial charge in [0.15, 0.2) is 10.7 Å². The minimum absolute atomic E-state index is 0.0122. The Morgan fingerprint density at radius 1 is 0.933 bits per heavy atom. The summed E-state index contributed by atoms with van der Waals surface area (Å²) in [4.78, 5) is 45.8. The van der Waals surface area contributed by atoms with E-state index in [2.05, 4.69) is 67.9 Å². The largest absolute Gasteiger partial charge is 0.474 e. The lowest BCUT2D eigenvalue weighted by Crippen LogP contribution is -2.58. The van der Waals surface area contributed by atoms with E-state index in [1.165, 1.54) is 11.1 Å². The third-order valence-corrected chi connectivity index (χ3v) is 18.6. The molecule has 8 heterocycles. The molecule has 5 fully saturated rings. The zero-order valence-electron chi connectivity index (χ0n) is 42.4. The first-order valence-electron chi connectivity index (χ1n) is 26.4. The number of pyridine rings is 2. The van der Waals surface area contributed by atoms with E-state index in [0.717, 1.165) is 69.1 Å².